The van der Waals surface area contributed by atoms with Crippen LogP contribution in [0.5, 0.6) is 5.75 Å². The number of benzene rings is 1. The van der Waals surface area contributed by atoms with Gasteiger partial charge in [-0.15, -0.1) is 0 Å². The summed E-state index contributed by atoms with van der Waals surface area (Å²) in [5.41, 5.74) is 0.427. The minimum absolute atomic E-state index is 0.114. The van der Waals surface area contributed by atoms with Crippen molar-refractivity contribution in [2.24, 2.45) is 0 Å². The quantitative estimate of drug-likeness (QED) is 0.911. The molecule has 1 saturated carbocycles. The van der Waals surface area contributed by atoms with Crippen molar-refractivity contribution in [1.82, 2.24) is 5.32 Å². The minimum Gasteiger partial charge on any atom is -0.487 e. The highest BCUT2D eigenvalue weighted by Gasteiger charge is 2.36. The molecule has 1 aliphatic rings. The summed E-state index contributed by atoms with van der Waals surface area (Å²) in [6, 6.07) is 7.17. The predicted molar refractivity (Wildman–Crippen MR) is 71.4 cm³/mol. The lowest BCUT2D eigenvalue weighted by Crippen LogP contribution is -2.48. The molecular formula is C15H19FN2O. The molecule has 0 spiro atoms. The Morgan fingerprint density at radius 1 is 1.53 bits per heavy atom. The van der Waals surface area contributed by atoms with E-state index in [9.17, 15) is 9.65 Å². The van der Waals surface area contributed by atoms with Crippen molar-refractivity contribution in [3.63, 3.8) is 0 Å². The Balaban J connectivity index is 2.11. The molecular weight excluding hydrogens is 243 g/mol. The first-order valence-corrected chi connectivity index (χ1v) is 6.61. The van der Waals surface area contributed by atoms with Crippen molar-refractivity contribution in [1.29, 1.82) is 5.26 Å². The van der Waals surface area contributed by atoms with E-state index in [1.165, 1.54) is 6.07 Å². The third-order valence-corrected chi connectivity index (χ3v) is 3.78. The summed E-state index contributed by atoms with van der Waals surface area (Å²) >= 11 is 0. The zero-order valence-electron chi connectivity index (χ0n) is 11.4. The normalized spacial score (nSPS) is 26.7. The van der Waals surface area contributed by atoms with Crippen LogP contribution >= 0.6 is 0 Å². The molecule has 0 saturated heterocycles. The van der Waals surface area contributed by atoms with Crippen molar-refractivity contribution in [3.8, 4) is 11.8 Å². The smallest absolute Gasteiger partial charge is 0.165 e. The lowest BCUT2D eigenvalue weighted by atomic mass is 9.81. The van der Waals surface area contributed by atoms with Gasteiger partial charge in [-0.3, -0.25) is 0 Å². The number of nitriles is 1. The highest BCUT2D eigenvalue weighted by Crippen LogP contribution is 2.31. The van der Waals surface area contributed by atoms with E-state index in [1.54, 1.807) is 19.2 Å². The minimum atomic E-state index is -0.538. The molecule has 1 fully saturated rings. The Bertz CT molecular complexity index is 497. The third kappa shape index (κ3) is 3.05. The summed E-state index contributed by atoms with van der Waals surface area (Å²) < 4.78 is 19.4. The first-order chi connectivity index (χ1) is 9.08. The van der Waals surface area contributed by atoms with Crippen LogP contribution in [0.4, 0.5) is 4.39 Å². The van der Waals surface area contributed by atoms with Gasteiger partial charge in [0.25, 0.3) is 0 Å². The summed E-state index contributed by atoms with van der Waals surface area (Å²) in [7, 11) is 1.79. The summed E-state index contributed by atoms with van der Waals surface area (Å²) in [6.45, 7) is 1.90. The van der Waals surface area contributed by atoms with E-state index < -0.39 is 5.54 Å². The van der Waals surface area contributed by atoms with Gasteiger partial charge in [-0.25, -0.2) is 4.39 Å². The molecule has 4 heteroatoms. The molecule has 1 N–H and O–H groups in total. The first-order valence-electron chi connectivity index (χ1n) is 6.61. The fourth-order valence-electron chi connectivity index (χ4n) is 2.59. The standard InChI is InChI=1S/C15H19FN2O/c1-11-5-6-13(16)14(8-11)19-12-4-3-7-15(9-12,10-17)18-2/h5-6,8,12,18H,3-4,7,9H2,1-2H3. The van der Waals surface area contributed by atoms with Crippen LogP contribution in [0.1, 0.15) is 31.2 Å². The first kappa shape index (κ1) is 13.8. The van der Waals surface area contributed by atoms with E-state index in [-0.39, 0.29) is 17.7 Å². The van der Waals surface area contributed by atoms with Crippen molar-refractivity contribution in [3.05, 3.63) is 29.6 Å². The van der Waals surface area contributed by atoms with E-state index in [1.807, 2.05) is 6.92 Å². The Labute approximate surface area is 113 Å². The molecule has 19 heavy (non-hydrogen) atoms. The zero-order valence-corrected chi connectivity index (χ0v) is 11.4. The number of nitrogens with zero attached hydrogens (tertiary/aromatic N) is 1. The van der Waals surface area contributed by atoms with Gasteiger partial charge in [0.2, 0.25) is 0 Å². The molecule has 1 aliphatic carbocycles. The second-order valence-corrected chi connectivity index (χ2v) is 5.21. The van der Waals surface area contributed by atoms with Crippen LogP contribution in [-0.4, -0.2) is 18.7 Å². The highest BCUT2D eigenvalue weighted by atomic mass is 19.1. The summed E-state index contributed by atoms with van der Waals surface area (Å²) in [5, 5.41) is 12.4. The molecule has 102 valence electrons. The van der Waals surface area contributed by atoms with Crippen LogP contribution in [-0.2, 0) is 0 Å². The van der Waals surface area contributed by atoms with Gasteiger partial charge >= 0.3 is 0 Å². The molecule has 1 aromatic carbocycles. The molecule has 0 amide bonds. The SMILES string of the molecule is CNC1(C#N)CCCC(Oc2cc(C)ccc2F)C1. The maximum absolute atomic E-state index is 13.7. The maximum Gasteiger partial charge on any atom is 0.165 e. The van der Waals surface area contributed by atoms with Gasteiger partial charge in [0, 0.05) is 6.42 Å². The van der Waals surface area contributed by atoms with Gasteiger partial charge in [0.1, 0.15) is 11.6 Å². The van der Waals surface area contributed by atoms with Crippen LogP contribution in [0, 0.1) is 24.1 Å². The third-order valence-electron chi connectivity index (χ3n) is 3.78. The van der Waals surface area contributed by atoms with E-state index in [0.717, 1.165) is 24.8 Å². The molecule has 3 nitrogen and oxygen atoms in total. The van der Waals surface area contributed by atoms with Crippen molar-refractivity contribution in [2.45, 2.75) is 44.2 Å². The number of halogens is 1. The lowest BCUT2D eigenvalue weighted by molar-refractivity contribution is 0.111. The number of hydrogen-bond donors (Lipinski definition) is 1. The molecule has 0 bridgehead atoms. The largest absolute Gasteiger partial charge is 0.487 e. The molecule has 2 atom stereocenters. The van der Waals surface area contributed by atoms with Crippen molar-refractivity contribution >= 4 is 0 Å². The van der Waals surface area contributed by atoms with Gasteiger partial charge < -0.3 is 10.1 Å². The lowest BCUT2D eigenvalue weighted by Gasteiger charge is -2.35. The number of ether oxygens (including phenoxy) is 1. The van der Waals surface area contributed by atoms with Gasteiger partial charge in [-0.1, -0.05) is 6.07 Å². The number of aryl methyl sites for hydroxylation is 1. The van der Waals surface area contributed by atoms with E-state index in [2.05, 4.69) is 11.4 Å². The van der Waals surface area contributed by atoms with E-state index in [0.29, 0.717) is 6.42 Å². The fraction of sp³-hybridized carbons (Fsp3) is 0.533. The van der Waals surface area contributed by atoms with Crippen LogP contribution < -0.4 is 10.1 Å². The molecule has 2 rings (SSSR count). The van der Waals surface area contributed by atoms with Gasteiger partial charge in [0.05, 0.1) is 6.07 Å². The second kappa shape index (κ2) is 5.58. The molecule has 0 aromatic heterocycles. The molecule has 2 unspecified atom stereocenters. The summed E-state index contributed by atoms with van der Waals surface area (Å²) in [4.78, 5) is 0. The maximum atomic E-state index is 13.7. The van der Waals surface area contributed by atoms with Crippen molar-refractivity contribution < 1.29 is 9.13 Å². The average Bonchev–Trinajstić information content (AvgIpc) is 2.43. The monoisotopic (exact) mass is 262 g/mol. The second-order valence-electron chi connectivity index (χ2n) is 5.21. The topological polar surface area (TPSA) is 45.0 Å². The number of hydrogen-bond acceptors (Lipinski definition) is 3. The van der Waals surface area contributed by atoms with Gasteiger partial charge in [0.15, 0.2) is 11.6 Å². The predicted octanol–water partition coefficient (Wildman–Crippen LogP) is 2.94. The van der Waals surface area contributed by atoms with Crippen LogP contribution in [0.25, 0.3) is 0 Å². The Kier molecular flexibility index (Phi) is 4.06. The molecule has 0 aliphatic heterocycles. The van der Waals surface area contributed by atoms with Gasteiger partial charge in [-0.2, -0.15) is 5.26 Å². The molecule has 0 heterocycles. The van der Waals surface area contributed by atoms with Crippen LogP contribution in [0.2, 0.25) is 0 Å². The zero-order chi connectivity index (χ0) is 13.9. The number of nitrogens with one attached hydrogen (secondary N) is 1. The fourth-order valence-corrected chi connectivity index (χ4v) is 2.59. The van der Waals surface area contributed by atoms with Crippen molar-refractivity contribution in [2.75, 3.05) is 7.05 Å². The Morgan fingerprint density at radius 3 is 3.00 bits per heavy atom. The Hall–Kier alpha value is -1.60. The van der Waals surface area contributed by atoms with Gasteiger partial charge in [-0.05, 0) is 50.9 Å². The van der Waals surface area contributed by atoms with E-state index >= 15 is 0 Å². The molecule has 1 aromatic rings. The highest BCUT2D eigenvalue weighted by molar-refractivity contribution is 5.29. The van der Waals surface area contributed by atoms with E-state index in [4.69, 9.17) is 4.74 Å². The van der Waals surface area contributed by atoms with Crippen LogP contribution in [0.3, 0.4) is 0 Å². The Morgan fingerprint density at radius 2 is 2.32 bits per heavy atom. The van der Waals surface area contributed by atoms with Crippen LogP contribution in [0.15, 0.2) is 18.2 Å². The summed E-state index contributed by atoms with van der Waals surface area (Å²) in [6.07, 6.45) is 3.06. The number of rotatable bonds is 3. The summed E-state index contributed by atoms with van der Waals surface area (Å²) in [5.74, 6) is -0.0574. The average molecular weight is 262 g/mol. The molecule has 0 radical (unpaired) electrons.